The number of carboxylic acids is 1. The maximum Gasteiger partial charge on any atom is 0.305 e. The van der Waals surface area contributed by atoms with E-state index < -0.39 is 109 Å². The molecule has 55 heavy (non-hydrogen) atoms. The molecule has 0 aliphatic heterocycles. The standard InChI is InChI=1S/C37H60N8O10/c1-19(2)13-14-25(32(39)50)42-34(52)26(15-20(3)4)41-28(47)18-40-36(54)30(21(5)6)44-35(53)27(16-23-11-9-8-10-12-23)43-37(55)31(22(7)46)45-33(51)24(38)17-29(48)49/h8-12,19-22,24-27,30-31,46H,13-18,38H2,1-7H3,(H2,39,50)(H,40,54)(H,41,47)(H,42,52)(H,43,55)(H,44,53)(H,45,51)(H,48,49)/t22-,24+,25+,26+,27+,30+,31+/m1/s1. The summed E-state index contributed by atoms with van der Waals surface area (Å²) in [5.41, 5.74) is 11.7. The van der Waals surface area contributed by atoms with Gasteiger partial charge in [-0.25, -0.2) is 0 Å². The van der Waals surface area contributed by atoms with Crippen LogP contribution in [-0.4, -0.2) is 106 Å². The van der Waals surface area contributed by atoms with Gasteiger partial charge in [-0.05, 0) is 49.5 Å². The summed E-state index contributed by atoms with van der Waals surface area (Å²) in [4.78, 5) is 102. The van der Waals surface area contributed by atoms with E-state index in [-0.39, 0.29) is 24.7 Å². The third-order valence-electron chi connectivity index (χ3n) is 8.43. The van der Waals surface area contributed by atoms with Crippen LogP contribution in [0.1, 0.15) is 79.7 Å². The van der Waals surface area contributed by atoms with Crippen molar-refractivity contribution < 1.29 is 48.6 Å². The Hall–Kier alpha value is -5.10. The SMILES string of the molecule is CC(C)CC[C@H](NC(=O)[C@H](CC(C)C)NC(=O)CNC(=O)[C@@H](NC(=O)[C@H](Cc1ccccc1)NC(=O)[C@@H](NC(=O)[C@@H](N)CC(=O)O)[C@@H](C)O)C(C)C)C(N)=O. The highest BCUT2D eigenvalue weighted by Crippen LogP contribution is 2.11. The lowest BCUT2D eigenvalue weighted by Gasteiger charge is -2.28. The lowest BCUT2D eigenvalue weighted by molar-refractivity contribution is -0.140. The maximum absolute atomic E-state index is 13.7. The summed E-state index contributed by atoms with van der Waals surface area (Å²) in [6.45, 7) is 11.6. The average Bonchev–Trinajstić information content (AvgIpc) is 3.08. The fraction of sp³-hybridized carbons (Fsp3) is 0.622. The topological polar surface area (TPSA) is 301 Å². The van der Waals surface area contributed by atoms with Crippen LogP contribution in [0.5, 0.6) is 0 Å². The molecular weight excluding hydrogens is 716 g/mol. The van der Waals surface area contributed by atoms with Gasteiger partial charge in [0.2, 0.25) is 41.4 Å². The molecule has 0 aliphatic rings. The van der Waals surface area contributed by atoms with E-state index in [0.29, 0.717) is 18.4 Å². The number of carboxylic acid groups (broad SMARTS) is 1. The summed E-state index contributed by atoms with van der Waals surface area (Å²) < 4.78 is 0. The van der Waals surface area contributed by atoms with Crippen molar-refractivity contribution in [1.29, 1.82) is 0 Å². The van der Waals surface area contributed by atoms with E-state index in [1.807, 2.05) is 27.7 Å². The zero-order valence-corrected chi connectivity index (χ0v) is 32.7. The molecule has 0 radical (unpaired) electrons. The number of amides is 7. The summed E-state index contributed by atoms with van der Waals surface area (Å²) in [7, 11) is 0. The molecule has 308 valence electrons. The average molecular weight is 777 g/mol. The summed E-state index contributed by atoms with van der Waals surface area (Å²) >= 11 is 0. The molecule has 18 nitrogen and oxygen atoms in total. The van der Waals surface area contributed by atoms with E-state index in [1.165, 1.54) is 6.92 Å². The van der Waals surface area contributed by atoms with Gasteiger partial charge in [0, 0.05) is 6.42 Å². The second kappa shape index (κ2) is 23.6. The molecule has 0 aliphatic carbocycles. The minimum absolute atomic E-state index is 0.0279. The molecule has 0 heterocycles. The molecule has 0 saturated carbocycles. The van der Waals surface area contributed by atoms with Crippen molar-refractivity contribution in [1.82, 2.24) is 31.9 Å². The van der Waals surface area contributed by atoms with Gasteiger partial charge in [0.25, 0.3) is 0 Å². The van der Waals surface area contributed by atoms with Crippen LogP contribution in [0, 0.1) is 17.8 Å². The number of benzene rings is 1. The molecule has 7 atom stereocenters. The Kier molecular flexibility index (Phi) is 20.6. The molecular formula is C37H60N8O10. The number of aliphatic carboxylic acids is 1. The Morgan fingerprint density at radius 1 is 0.655 bits per heavy atom. The first-order valence-corrected chi connectivity index (χ1v) is 18.4. The van der Waals surface area contributed by atoms with Gasteiger partial charge in [-0.15, -0.1) is 0 Å². The number of carbonyl (C=O) groups excluding carboxylic acids is 7. The molecule has 1 aromatic rings. The Bertz CT molecular complexity index is 1470. The van der Waals surface area contributed by atoms with Crippen LogP contribution in [0.4, 0.5) is 0 Å². The molecule has 0 bridgehead atoms. The molecule has 18 heteroatoms. The van der Waals surface area contributed by atoms with Gasteiger partial charge in [0.1, 0.15) is 30.2 Å². The number of nitrogens with two attached hydrogens (primary N) is 2. The van der Waals surface area contributed by atoms with E-state index in [2.05, 4.69) is 31.9 Å². The van der Waals surface area contributed by atoms with Gasteiger partial charge >= 0.3 is 5.97 Å². The van der Waals surface area contributed by atoms with Crippen molar-refractivity contribution in [3.63, 3.8) is 0 Å². The van der Waals surface area contributed by atoms with E-state index in [1.54, 1.807) is 44.2 Å². The number of aliphatic hydroxyl groups excluding tert-OH is 1. The Labute approximate surface area is 322 Å². The van der Waals surface area contributed by atoms with Gasteiger partial charge in [0.15, 0.2) is 0 Å². The normalized spacial score (nSPS) is 15.1. The number of hydrogen-bond donors (Lipinski definition) is 10. The molecule has 12 N–H and O–H groups in total. The smallest absolute Gasteiger partial charge is 0.305 e. The summed E-state index contributed by atoms with van der Waals surface area (Å²) in [6.07, 6.45) is -1.09. The van der Waals surface area contributed by atoms with Crippen LogP contribution in [0.25, 0.3) is 0 Å². The van der Waals surface area contributed by atoms with Crippen LogP contribution < -0.4 is 43.4 Å². The van der Waals surface area contributed by atoms with Crippen molar-refractivity contribution in [3.8, 4) is 0 Å². The van der Waals surface area contributed by atoms with Crippen molar-refractivity contribution in [2.45, 2.75) is 123 Å². The zero-order valence-electron chi connectivity index (χ0n) is 32.7. The summed E-state index contributed by atoms with van der Waals surface area (Å²) in [5.74, 6) is -7.17. The lowest BCUT2D eigenvalue weighted by atomic mass is 10.00. The maximum atomic E-state index is 13.7. The van der Waals surface area contributed by atoms with Crippen LogP contribution in [0.15, 0.2) is 30.3 Å². The third kappa shape index (κ3) is 18.2. The van der Waals surface area contributed by atoms with Crippen LogP contribution in [-0.2, 0) is 44.8 Å². The van der Waals surface area contributed by atoms with Crippen LogP contribution in [0.3, 0.4) is 0 Å². The molecule has 0 saturated heterocycles. The Morgan fingerprint density at radius 3 is 1.73 bits per heavy atom. The van der Waals surface area contributed by atoms with Crippen molar-refractivity contribution >= 4 is 47.3 Å². The molecule has 0 spiro atoms. The van der Waals surface area contributed by atoms with Gasteiger partial charge in [0.05, 0.1) is 25.1 Å². The van der Waals surface area contributed by atoms with Crippen LogP contribution in [0.2, 0.25) is 0 Å². The first kappa shape index (κ1) is 47.9. The minimum Gasteiger partial charge on any atom is -0.481 e. The fourth-order valence-corrected chi connectivity index (χ4v) is 5.34. The second-order valence-electron chi connectivity index (χ2n) is 14.8. The predicted octanol–water partition coefficient (Wildman–Crippen LogP) is -1.42. The number of rotatable bonds is 24. The van der Waals surface area contributed by atoms with E-state index in [9.17, 15) is 43.5 Å². The molecule has 0 aromatic heterocycles. The molecule has 1 aromatic carbocycles. The highest BCUT2D eigenvalue weighted by Gasteiger charge is 2.34. The highest BCUT2D eigenvalue weighted by atomic mass is 16.4. The summed E-state index contributed by atoms with van der Waals surface area (Å²) in [5, 5.41) is 34.3. The minimum atomic E-state index is -1.62. The number of nitrogens with one attached hydrogen (secondary N) is 6. The van der Waals surface area contributed by atoms with E-state index in [4.69, 9.17) is 16.6 Å². The van der Waals surface area contributed by atoms with Gasteiger partial charge in [-0.2, -0.15) is 0 Å². The van der Waals surface area contributed by atoms with Gasteiger partial charge < -0.3 is 53.6 Å². The fourth-order valence-electron chi connectivity index (χ4n) is 5.34. The van der Waals surface area contributed by atoms with E-state index in [0.717, 1.165) is 0 Å². The summed E-state index contributed by atoms with van der Waals surface area (Å²) in [6, 6.07) is 0.926. The molecule has 0 unspecified atom stereocenters. The zero-order chi connectivity index (χ0) is 42.0. The Morgan fingerprint density at radius 2 is 1.22 bits per heavy atom. The van der Waals surface area contributed by atoms with Crippen molar-refractivity contribution in [3.05, 3.63) is 35.9 Å². The highest BCUT2D eigenvalue weighted by molar-refractivity contribution is 5.97. The second-order valence-corrected chi connectivity index (χ2v) is 14.8. The predicted molar refractivity (Wildman–Crippen MR) is 202 cm³/mol. The van der Waals surface area contributed by atoms with E-state index >= 15 is 0 Å². The molecule has 7 amide bonds. The van der Waals surface area contributed by atoms with Gasteiger partial charge in [-0.3, -0.25) is 38.4 Å². The van der Waals surface area contributed by atoms with Crippen molar-refractivity contribution in [2.75, 3.05) is 6.54 Å². The Balaban J connectivity index is 3.12. The number of carbonyl (C=O) groups is 8. The monoisotopic (exact) mass is 776 g/mol. The van der Waals surface area contributed by atoms with Crippen molar-refractivity contribution in [2.24, 2.45) is 29.2 Å². The largest absolute Gasteiger partial charge is 0.481 e. The molecule has 0 fully saturated rings. The van der Waals surface area contributed by atoms with Gasteiger partial charge in [-0.1, -0.05) is 71.9 Å². The lowest BCUT2D eigenvalue weighted by Crippen LogP contribution is -2.61. The number of primary amides is 1. The number of hydrogen-bond acceptors (Lipinski definition) is 10. The quantitative estimate of drug-likeness (QED) is 0.0581. The van der Waals surface area contributed by atoms with Crippen LogP contribution >= 0.6 is 0 Å². The number of aliphatic hydroxyl groups is 1. The third-order valence-corrected chi connectivity index (χ3v) is 8.43. The first-order chi connectivity index (χ1) is 25.6. The first-order valence-electron chi connectivity index (χ1n) is 18.4. The molecule has 1 rings (SSSR count).